The van der Waals surface area contributed by atoms with Crippen molar-refractivity contribution >= 4 is 27.2 Å². The van der Waals surface area contributed by atoms with Gasteiger partial charge in [-0.15, -0.1) is 0 Å². The number of nitrogens with zero attached hydrogens (tertiary/aromatic N) is 4. The minimum absolute atomic E-state index is 0.895. The monoisotopic (exact) mass is 538 g/mol. The molecule has 0 bridgehead atoms. The third-order valence-corrected chi connectivity index (χ3v) is 8.08. The molecule has 0 radical (unpaired) electrons. The second-order valence-electron chi connectivity index (χ2n) is 10.7. The fourth-order valence-corrected chi connectivity index (χ4v) is 5.80. The van der Waals surface area contributed by atoms with E-state index in [2.05, 4.69) is 133 Å². The first-order valence-corrected chi connectivity index (χ1v) is 14.1. The number of aryl methyl sites for hydroxylation is 1. The highest BCUT2D eigenvalue weighted by molar-refractivity contribution is 5.90. The second-order valence-corrected chi connectivity index (χ2v) is 10.7. The predicted molar refractivity (Wildman–Crippen MR) is 172 cm³/mol. The van der Waals surface area contributed by atoms with Gasteiger partial charge in [-0.3, -0.25) is 4.40 Å². The average molecular weight is 539 g/mol. The van der Waals surface area contributed by atoms with E-state index in [9.17, 15) is 0 Å². The number of hydrogen-bond acceptors (Lipinski definition) is 3. The molecule has 3 heterocycles. The summed E-state index contributed by atoms with van der Waals surface area (Å²) in [4.78, 5) is 14.3. The van der Waals surface area contributed by atoms with E-state index in [0.717, 1.165) is 50.7 Å². The molecule has 42 heavy (non-hydrogen) atoms. The second kappa shape index (κ2) is 9.79. The number of rotatable bonds is 4. The first kappa shape index (κ1) is 24.2. The van der Waals surface area contributed by atoms with Crippen LogP contribution in [0, 0.1) is 6.92 Å². The minimum atomic E-state index is 0.895. The van der Waals surface area contributed by atoms with Crippen LogP contribution >= 0.6 is 0 Å². The van der Waals surface area contributed by atoms with E-state index in [1.807, 2.05) is 16.8 Å². The van der Waals surface area contributed by atoms with Crippen molar-refractivity contribution in [1.29, 1.82) is 0 Å². The largest absolute Gasteiger partial charge is 0.287 e. The fourth-order valence-electron chi connectivity index (χ4n) is 5.80. The number of benzene rings is 5. The van der Waals surface area contributed by atoms with E-state index in [4.69, 9.17) is 9.97 Å². The molecule has 0 aliphatic heterocycles. The molecule has 0 spiro atoms. The van der Waals surface area contributed by atoms with Crippen molar-refractivity contribution in [2.45, 2.75) is 6.92 Å². The van der Waals surface area contributed by atoms with Crippen LogP contribution in [0.5, 0.6) is 0 Å². The molecule has 0 fully saturated rings. The maximum absolute atomic E-state index is 5.20. The standard InChI is InChI=1S/C38H26N4/c1-25-38(41-37-18-19-39-24-42(25)37)29-14-12-28(13-15-29)35-22-34(32-16-10-26-6-2-4-8-30(26)20-32)23-36(40-35)33-17-11-27-7-3-5-9-31(27)21-33/h2-24H,1H3. The molecule has 4 heteroatoms. The molecule has 0 unspecified atom stereocenters. The number of aromatic nitrogens is 4. The van der Waals surface area contributed by atoms with Crippen LogP contribution in [-0.2, 0) is 0 Å². The summed E-state index contributed by atoms with van der Waals surface area (Å²) >= 11 is 0. The Morgan fingerprint density at radius 1 is 0.476 bits per heavy atom. The van der Waals surface area contributed by atoms with Crippen molar-refractivity contribution in [2.24, 2.45) is 0 Å². The van der Waals surface area contributed by atoms with Crippen LogP contribution in [0.3, 0.4) is 0 Å². The lowest BCUT2D eigenvalue weighted by Gasteiger charge is -2.12. The summed E-state index contributed by atoms with van der Waals surface area (Å²) < 4.78 is 2.02. The molecule has 4 nitrogen and oxygen atoms in total. The van der Waals surface area contributed by atoms with Crippen molar-refractivity contribution < 1.29 is 0 Å². The van der Waals surface area contributed by atoms with Crippen molar-refractivity contribution in [3.63, 3.8) is 0 Å². The van der Waals surface area contributed by atoms with Gasteiger partial charge in [0.05, 0.1) is 17.1 Å². The van der Waals surface area contributed by atoms with Crippen LogP contribution in [-0.4, -0.2) is 19.4 Å². The molecule has 198 valence electrons. The molecule has 0 saturated heterocycles. The fraction of sp³-hybridized carbons (Fsp3) is 0.0263. The predicted octanol–water partition coefficient (Wildman–Crippen LogP) is 9.41. The van der Waals surface area contributed by atoms with E-state index < -0.39 is 0 Å². The van der Waals surface area contributed by atoms with Crippen LogP contribution in [0.2, 0.25) is 0 Å². The maximum Gasteiger partial charge on any atom is 0.140 e. The van der Waals surface area contributed by atoms with Gasteiger partial charge in [0.25, 0.3) is 0 Å². The highest BCUT2D eigenvalue weighted by atomic mass is 15.1. The topological polar surface area (TPSA) is 43.1 Å². The van der Waals surface area contributed by atoms with E-state index >= 15 is 0 Å². The van der Waals surface area contributed by atoms with Crippen LogP contribution in [0.4, 0.5) is 0 Å². The number of imidazole rings is 1. The maximum atomic E-state index is 5.20. The normalized spacial score (nSPS) is 11.5. The third kappa shape index (κ3) is 4.21. The average Bonchev–Trinajstić information content (AvgIpc) is 3.40. The first-order chi connectivity index (χ1) is 20.7. The molecule has 0 saturated carbocycles. The Balaban J connectivity index is 1.26. The summed E-state index contributed by atoms with van der Waals surface area (Å²) in [5, 5.41) is 4.89. The van der Waals surface area contributed by atoms with Crippen molar-refractivity contribution in [3.05, 3.63) is 146 Å². The molecular weight excluding hydrogens is 512 g/mol. The highest BCUT2D eigenvalue weighted by Crippen LogP contribution is 2.34. The molecule has 8 aromatic rings. The van der Waals surface area contributed by atoms with Crippen LogP contribution < -0.4 is 0 Å². The number of pyridine rings is 1. The van der Waals surface area contributed by atoms with E-state index in [1.165, 1.54) is 27.1 Å². The Kier molecular flexibility index (Phi) is 5.64. The lowest BCUT2D eigenvalue weighted by atomic mass is 9.97. The highest BCUT2D eigenvalue weighted by Gasteiger charge is 2.13. The van der Waals surface area contributed by atoms with Crippen molar-refractivity contribution in [2.75, 3.05) is 0 Å². The number of fused-ring (bicyclic) bond motifs is 3. The summed E-state index contributed by atoms with van der Waals surface area (Å²) in [6.45, 7) is 2.08. The molecule has 0 N–H and O–H groups in total. The Morgan fingerprint density at radius 3 is 1.74 bits per heavy atom. The molecule has 0 aliphatic rings. The van der Waals surface area contributed by atoms with Gasteiger partial charge in [0, 0.05) is 28.6 Å². The third-order valence-electron chi connectivity index (χ3n) is 8.08. The molecule has 0 aliphatic carbocycles. The minimum Gasteiger partial charge on any atom is -0.287 e. The van der Waals surface area contributed by atoms with Gasteiger partial charge in [0.2, 0.25) is 0 Å². The van der Waals surface area contributed by atoms with Gasteiger partial charge < -0.3 is 0 Å². The van der Waals surface area contributed by atoms with Crippen LogP contribution in [0.15, 0.2) is 140 Å². The summed E-state index contributed by atoms with van der Waals surface area (Å²) in [5.74, 6) is 0. The molecule has 0 amide bonds. The Morgan fingerprint density at radius 2 is 1.05 bits per heavy atom. The summed E-state index contributed by atoms with van der Waals surface area (Å²) in [6, 6.07) is 45.1. The summed E-state index contributed by atoms with van der Waals surface area (Å²) in [6.07, 6.45) is 3.59. The van der Waals surface area contributed by atoms with E-state index in [1.54, 1.807) is 6.20 Å². The summed E-state index contributed by atoms with van der Waals surface area (Å²) in [5.41, 5.74) is 10.4. The van der Waals surface area contributed by atoms with Gasteiger partial charge in [-0.2, -0.15) is 0 Å². The SMILES string of the molecule is Cc1c(-c2ccc(-c3cc(-c4ccc5ccccc5c4)cc(-c4ccc5ccccc5c4)n3)cc2)nc2ccncn12. The quantitative estimate of drug-likeness (QED) is 0.224. The Bertz CT molecular complexity index is 2160. The van der Waals surface area contributed by atoms with E-state index in [-0.39, 0.29) is 0 Å². The van der Waals surface area contributed by atoms with Crippen molar-refractivity contribution in [1.82, 2.24) is 19.4 Å². The number of hydrogen-bond donors (Lipinski definition) is 0. The Labute approximate surface area is 243 Å². The van der Waals surface area contributed by atoms with Crippen molar-refractivity contribution in [3.8, 4) is 44.9 Å². The van der Waals surface area contributed by atoms with Crippen LogP contribution in [0.25, 0.3) is 72.1 Å². The Hall–Kier alpha value is -5.61. The zero-order valence-corrected chi connectivity index (χ0v) is 23.1. The first-order valence-electron chi connectivity index (χ1n) is 14.1. The van der Waals surface area contributed by atoms with Gasteiger partial charge in [-0.05, 0) is 69.9 Å². The summed E-state index contributed by atoms with van der Waals surface area (Å²) in [7, 11) is 0. The van der Waals surface area contributed by atoms with Gasteiger partial charge in [-0.1, -0.05) is 97.1 Å². The van der Waals surface area contributed by atoms with Gasteiger partial charge in [0.1, 0.15) is 12.0 Å². The molecule has 0 atom stereocenters. The lowest BCUT2D eigenvalue weighted by Crippen LogP contribution is -1.92. The molecule has 5 aromatic carbocycles. The zero-order chi connectivity index (χ0) is 28.0. The molecule has 3 aromatic heterocycles. The molecule has 8 rings (SSSR count). The van der Waals surface area contributed by atoms with E-state index in [0.29, 0.717) is 0 Å². The molecular formula is C38H26N4. The lowest BCUT2D eigenvalue weighted by molar-refractivity contribution is 1.04. The van der Waals surface area contributed by atoms with Gasteiger partial charge in [0.15, 0.2) is 0 Å². The zero-order valence-electron chi connectivity index (χ0n) is 23.1. The smallest absolute Gasteiger partial charge is 0.140 e. The van der Waals surface area contributed by atoms with Gasteiger partial charge in [-0.25, -0.2) is 15.0 Å². The van der Waals surface area contributed by atoms with Crippen LogP contribution in [0.1, 0.15) is 5.69 Å². The van der Waals surface area contributed by atoms with Gasteiger partial charge >= 0.3 is 0 Å².